The van der Waals surface area contributed by atoms with Crippen LogP contribution in [0.4, 0.5) is 0 Å². The fraction of sp³-hybridized carbons (Fsp3) is 0.278. The maximum atomic E-state index is 11.8. The second kappa shape index (κ2) is 7.50. The van der Waals surface area contributed by atoms with Crippen LogP contribution in [0.25, 0.3) is 0 Å². The van der Waals surface area contributed by atoms with Gasteiger partial charge in [0.25, 0.3) is 5.91 Å². The van der Waals surface area contributed by atoms with Gasteiger partial charge in [-0.05, 0) is 49.2 Å². The second-order valence-corrected chi connectivity index (χ2v) is 5.17. The predicted octanol–water partition coefficient (Wildman–Crippen LogP) is 3.01. The third kappa shape index (κ3) is 4.52. The molecule has 0 bridgehead atoms. The van der Waals surface area contributed by atoms with E-state index >= 15 is 0 Å². The molecule has 4 nitrogen and oxygen atoms in total. The van der Waals surface area contributed by atoms with E-state index < -0.39 is 0 Å². The molecule has 0 aliphatic rings. The Morgan fingerprint density at radius 3 is 2.36 bits per heavy atom. The zero-order valence-corrected chi connectivity index (χ0v) is 13.2. The number of methoxy groups -OCH3 is 1. The number of aryl methyl sites for hydroxylation is 2. The highest BCUT2D eigenvalue weighted by Crippen LogP contribution is 2.16. The Morgan fingerprint density at radius 1 is 1.05 bits per heavy atom. The third-order valence-corrected chi connectivity index (χ3v) is 3.40. The zero-order chi connectivity index (χ0) is 15.9. The van der Waals surface area contributed by atoms with E-state index in [4.69, 9.17) is 9.47 Å². The Kier molecular flexibility index (Phi) is 5.42. The van der Waals surface area contributed by atoms with Crippen molar-refractivity contribution in [1.82, 2.24) is 5.32 Å². The van der Waals surface area contributed by atoms with Crippen molar-refractivity contribution in [3.63, 3.8) is 0 Å². The van der Waals surface area contributed by atoms with Gasteiger partial charge in [0.15, 0.2) is 6.61 Å². The van der Waals surface area contributed by atoms with Crippen molar-refractivity contribution < 1.29 is 14.3 Å². The van der Waals surface area contributed by atoms with Gasteiger partial charge in [-0.1, -0.05) is 23.8 Å². The monoisotopic (exact) mass is 299 g/mol. The summed E-state index contributed by atoms with van der Waals surface area (Å²) in [7, 11) is 1.61. The lowest BCUT2D eigenvalue weighted by Crippen LogP contribution is -2.28. The molecular formula is C18H21NO3. The summed E-state index contributed by atoms with van der Waals surface area (Å²) in [5.41, 5.74) is 3.51. The number of carbonyl (C=O) groups is 1. The van der Waals surface area contributed by atoms with Crippen LogP contribution in [0.1, 0.15) is 16.7 Å². The number of benzene rings is 2. The van der Waals surface area contributed by atoms with E-state index in [0.29, 0.717) is 12.3 Å². The molecule has 0 aromatic heterocycles. The van der Waals surface area contributed by atoms with Gasteiger partial charge in [-0.2, -0.15) is 0 Å². The predicted molar refractivity (Wildman–Crippen MR) is 86.3 cm³/mol. The molecule has 0 unspecified atom stereocenters. The number of amides is 1. The maximum Gasteiger partial charge on any atom is 0.258 e. The molecule has 1 N–H and O–H groups in total. The zero-order valence-electron chi connectivity index (χ0n) is 13.2. The topological polar surface area (TPSA) is 47.6 Å². The summed E-state index contributed by atoms with van der Waals surface area (Å²) >= 11 is 0. The number of nitrogens with one attached hydrogen (secondary N) is 1. The number of hydrogen-bond donors (Lipinski definition) is 1. The lowest BCUT2D eigenvalue weighted by molar-refractivity contribution is -0.123. The SMILES string of the molecule is COc1ccc(OCC(=O)NCc2ccc(C)cc2C)cc1. The Morgan fingerprint density at radius 2 is 1.73 bits per heavy atom. The van der Waals surface area contributed by atoms with Gasteiger partial charge in [-0.15, -0.1) is 0 Å². The van der Waals surface area contributed by atoms with Crippen LogP contribution in [0.2, 0.25) is 0 Å². The van der Waals surface area contributed by atoms with Gasteiger partial charge in [0.2, 0.25) is 0 Å². The Bertz CT molecular complexity index is 635. The minimum atomic E-state index is -0.143. The fourth-order valence-corrected chi connectivity index (χ4v) is 2.11. The molecule has 116 valence electrons. The first-order valence-corrected chi connectivity index (χ1v) is 7.18. The molecule has 1 amide bonds. The number of rotatable bonds is 6. The lowest BCUT2D eigenvalue weighted by Gasteiger charge is -2.10. The van der Waals surface area contributed by atoms with E-state index in [1.807, 2.05) is 19.1 Å². The first kappa shape index (κ1) is 15.9. The summed E-state index contributed by atoms with van der Waals surface area (Å²) in [6.07, 6.45) is 0. The van der Waals surface area contributed by atoms with Crippen molar-refractivity contribution in [1.29, 1.82) is 0 Å². The molecule has 22 heavy (non-hydrogen) atoms. The number of carbonyl (C=O) groups excluding carboxylic acids is 1. The van der Waals surface area contributed by atoms with E-state index in [9.17, 15) is 4.79 Å². The summed E-state index contributed by atoms with van der Waals surface area (Å²) in [5, 5.41) is 2.86. The quantitative estimate of drug-likeness (QED) is 0.892. The van der Waals surface area contributed by atoms with Crippen molar-refractivity contribution in [3.05, 3.63) is 59.2 Å². The van der Waals surface area contributed by atoms with Crippen molar-refractivity contribution in [2.75, 3.05) is 13.7 Å². The molecule has 0 heterocycles. The summed E-state index contributed by atoms with van der Waals surface area (Å²) < 4.78 is 10.5. The van der Waals surface area contributed by atoms with Crippen molar-refractivity contribution in [2.45, 2.75) is 20.4 Å². The molecule has 0 aliphatic heterocycles. The highest BCUT2D eigenvalue weighted by Gasteiger charge is 2.05. The Labute approximate surface area is 131 Å². The number of ether oxygens (including phenoxy) is 2. The molecule has 4 heteroatoms. The van der Waals surface area contributed by atoms with Crippen LogP contribution in [0.5, 0.6) is 11.5 Å². The van der Waals surface area contributed by atoms with Crippen LogP contribution in [0.3, 0.4) is 0 Å². The standard InChI is InChI=1S/C18H21NO3/c1-13-4-5-15(14(2)10-13)11-19-18(20)12-22-17-8-6-16(21-3)7-9-17/h4-10H,11-12H2,1-3H3,(H,19,20). The van der Waals surface area contributed by atoms with Gasteiger partial charge < -0.3 is 14.8 Å². The first-order chi connectivity index (χ1) is 10.6. The molecule has 2 rings (SSSR count). The fourth-order valence-electron chi connectivity index (χ4n) is 2.11. The average molecular weight is 299 g/mol. The van der Waals surface area contributed by atoms with Crippen LogP contribution in [-0.2, 0) is 11.3 Å². The van der Waals surface area contributed by atoms with Crippen LogP contribution in [0.15, 0.2) is 42.5 Å². The summed E-state index contributed by atoms with van der Waals surface area (Å²) in [5.74, 6) is 1.25. The summed E-state index contributed by atoms with van der Waals surface area (Å²) in [4.78, 5) is 11.8. The molecule has 0 radical (unpaired) electrons. The van der Waals surface area contributed by atoms with Crippen LogP contribution in [-0.4, -0.2) is 19.6 Å². The van der Waals surface area contributed by atoms with Gasteiger partial charge >= 0.3 is 0 Å². The van der Waals surface area contributed by atoms with E-state index in [-0.39, 0.29) is 12.5 Å². The Hall–Kier alpha value is -2.49. The smallest absolute Gasteiger partial charge is 0.258 e. The minimum absolute atomic E-state index is 0.00274. The molecule has 0 atom stereocenters. The highest BCUT2D eigenvalue weighted by molar-refractivity contribution is 5.77. The normalized spacial score (nSPS) is 10.1. The van der Waals surface area contributed by atoms with Gasteiger partial charge in [0.1, 0.15) is 11.5 Å². The molecule has 0 fully saturated rings. The average Bonchev–Trinajstić information content (AvgIpc) is 2.52. The summed E-state index contributed by atoms with van der Waals surface area (Å²) in [6.45, 7) is 4.61. The molecular weight excluding hydrogens is 278 g/mol. The van der Waals surface area contributed by atoms with E-state index in [2.05, 4.69) is 18.3 Å². The van der Waals surface area contributed by atoms with Crippen molar-refractivity contribution >= 4 is 5.91 Å². The molecule has 0 spiro atoms. The van der Waals surface area contributed by atoms with Crippen LogP contribution >= 0.6 is 0 Å². The highest BCUT2D eigenvalue weighted by atomic mass is 16.5. The minimum Gasteiger partial charge on any atom is -0.497 e. The first-order valence-electron chi connectivity index (χ1n) is 7.18. The molecule has 2 aromatic rings. The molecule has 0 saturated heterocycles. The number of hydrogen-bond acceptors (Lipinski definition) is 3. The van der Waals surface area contributed by atoms with E-state index in [1.165, 1.54) is 11.1 Å². The lowest BCUT2D eigenvalue weighted by atomic mass is 10.1. The van der Waals surface area contributed by atoms with Crippen molar-refractivity contribution in [2.24, 2.45) is 0 Å². The third-order valence-electron chi connectivity index (χ3n) is 3.40. The summed E-state index contributed by atoms with van der Waals surface area (Å²) in [6, 6.07) is 13.3. The van der Waals surface area contributed by atoms with Gasteiger partial charge in [0, 0.05) is 6.54 Å². The van der Waals surface area contributed by atoms with Gasteiger partial charge in [0.05, 0.1) is 7.11 Å². The van der Waals surface area contributed by atoms with Crippen LogP contribution < -0.4 is 14.8 Å². The Balaban J connectivity index is 1.80. The van der Waals surface area contributed by atoms with Gasteiger partial charge in [-0.3, -0.25) is 4.79 Å². The maximum absolute atomic E-state index is 11.8. The van der Waals surface area contributed by atoms with Crippen LogP contribution in [0, 0.1) is 13.8 Å². The molecule has 0 saturated carbocycles. The molecule has 2 aromatic carbocycles. The second-order valence-electron chi connectivity index (χ2n) is 5.17. The van der Waals surface area contributed by atoms with Gasteiger partial charge in [-0.25, -0.2) is 0 Å². The molecule has 0 aliphatic carbocycles. The van der Waals surface area contributed by atoms with E-state index in [0.717, 1.165) is 11.3 Å². The largest absolute Gasteiger partial charge is 0.497 e. The van der Waals surface area contributed by atoms with E-state index in [1.54, 1.807) is 31.4 Å². The van der Waals surface area contributed by atoms with Crippen molar-refractivity contribution in [3.8, 4) is 11.5 Å².